The van der Waals surface area contributed by atoms with Gasteiger partial charge in [0.1, 0.15) is 0 Å². The first-order valence-corrected chi connectivity index (χ1v) is 14.9. The molecule has 0 aliphatic heterocycles. The summed E-state index contributed by atoms with van der Waals surface area (Å²) in [5, 5.41) is 0. The predicted octanol–water partition coefficient (Wildman–Crippen LogP) is 9.91. The van der Waals surface area contributed by atoms with Crippen molar-refractivity contribution in [2.45, 2.75) is 139 Å². The van der Waals surface area contributed by atoms with Crippen molar-refractivity contribution in [1.82, 2.24) is 0 Å². The maximum Gasteiger partial charge on any atom is -0.0235 e. The van der Waals surface area contributed by atoms with Gasteiger partial charge in [-0.15, -0.1) is 0 Å². The van der Waals surface area contributed by atoms with E-state index in [1.807, 2.05) is 0 Å². The lowest BCUT2D eigenvalue weighted by Gasteiger charge is -2.73. The summed E-state index contributed by atoms with van der Waals surface area (Å²) in [5.41, 5.74) is 2.91. The van der Waals surface area contributed by atoms with E-state index < -0.39 is 0 Å². The number of rotatable bonds is 3. The fourth-order valence-corrected chi connectivity index (χ4v) is 12.7. The molecule has 5 aliphatic carbocycles. The molecule has 0 aromatic heterocycles. The molecule has 5 saturated carbocycles. The van der Waals surface area contributed by atoms with Gasteiger partial charge in [-0.2, -0.15) is 0 Å². The van der Waals surface area contributed by atoms with Gasteiger partial charge in [-0.1, -0.05) is 74.7 Å². The lowest BCUT2D eigenvalue weighted by atomic mass is 9.32. The SMILES string of the molecule is CCC[C@@H](C)[C@@H]1CC[C@@]2(C)C1CCC1(C)C2CCC2C3(C)CCCC(C)(C)C3CCC21C. The van der Waals surface area contributed by atoms with Crippen LogP contribution < -0.4 is 0 Å². The molecular weight excluding hydrogens is 384 g/mol. The van der Waals surface area contributed by atoms with E-state index in [-0.39, 0.29) is 0 Å². The van der Waals surface area contributed by atoms with Crippen molar-refractivity contribution < 1.29 is 0 Å². The van der Waals surface area contributed by atoms with E-state index in [2.05, 4.69) is 55.4 Å². The molecule has 0 bridgehead atoms. The summed E-state index contributed by atoms with van der Waals surface area (Å²) in [7, 11) is 0. The fraction of sp³-hybridized carbons (Fsp3) is 1.00. The molecule has 0 aromatic rings. The molecule has 0 N–H and O–H groups in total. The Hall–Kier alpha value is 0. The molecule has 0 nitrogen and oxygen atoms in total. The van der Waals surface area contributed by atoms with Gasteiger partial charge in [-0.05, 0) is 127 Å². The van der Waals surface area contributed by atoms with Gasteiger partial charge >= 0.3 is 0 Å². The van der Waals surface area contributed by atoms with Crippen LogP contribution >= 0.6 is 0 Å². The van der Waals surface area contributed by atoms with E-state index >= 15 is 0 Å². The topological polar surface area (TPSA) is 0 Å². The van der Waals surface area contributed by atoms with Gasteiger partial charge in [0.15, 0.2) is 0 Å². The van der Waals surface area contributed by atoms with Crippen LogP contribution in [0, 0.1) is 62.6 Å². The van der Waals surface area contributed by atoms with E-state index in [1.165, 1.54) is 77.0 Å². The third kappa shape index (κ3) is 2.92. The van der Waals surface area contributed by atoms with Crippen molar-refractivity contribution in [2.75, 3.05) is 0 Å². The van der Waals surface area contributed by atoms with Gasteiger partial charge in [0.25, 0.3) is 0 Å². The van der Waals surface area contributed by atoms with Gasteiger partial charge in [0.2, 0.25) is 0 Å². The molecule has 32 heavy (non-hydrogen) atoms. The molecule has 5 fully saturated rings. The molecule has 184 valence electrons. The Bertz CT molecular complexity index is 720. The van der Waals surface area contributed by atoms with Crippen LogP contribution in [0.25, 0.3) is 0 Å². The summed E-state index contributed by atoms with van der Waals surface area (Å²) < 4.78 is 0. The highest BCUT2D eigenvalue weighted by Gasteiger charge is 2.70. The van der Waals surface area contributed by atoms with Crippen molar-refractivity contribution in [1.29, 1.82) is 0 Å². The maximum atomic E-state index is 2.83. The van der Waals surface area contributed by atoms with Crippen LogP contribution in [0.4, 0.5) is 0 Å². The lowest BCUT2D eigenvalue weighted by Crippen LogP contribution is -2.65. The third-order valence-electron chi connectivity index (χ3n) is 14.2. The Morgan fingerprint density at radius 3 is 1.94 bits per heavy atom. The molecule has 0 saturated heterocycles. The van der Waals surface area contributed by atoms with Crippen molar-refractivity contribution in [3.05, 3.63) is 0 Å². The van der Waals surface area contributed by atoms with Crippen molar-refractivity contribution in [2.24, 2.45) is 62.6 Å². The predicted molar refractivity (Wildman–Crippen MR) is 139 cm³/mol. The molecule has 0 spiro atoms. The number of hydrogen-bond acceptors (Lipinski definition) is 0. The number of fused-ring (bicyclic) bond motifs is 7. The summed E-state index contributed by atoms with van der Waals surface area (Å²) in [5.74, 6) is 5.88. The first kappa shape index (κ1) is 23.7. The minimum absolute atomic E-state index is 0.559. The molecule has 5 aliphatic rings. The lowest BCUT2D eigenvalue weighted by molar-refractivity contribution is -0.241. The first-order chi connectivity index (χ1) is 14.9. The molecule has 0 amide bonds. The van der Waals surface area contributed by atoms with E-state index in [4.69, 9.17) is 0 Å². The minimum Gasteiger partial charge on any atom is -0.0654 e. The largest absolute Gasteiger partial charge is 0.0654 e. The van der Waals surface area contributed by atoms with Gasteiger partial charge in [-0.3, -0.25) is 0 Å². The quantitative estimate of drug-likeness (QED) is 0.409. The fourth-order valence-electron chi connectivity index (χ4n) is 12.7. The van der Waals surface area contributed by atoms with Gasteiger partial charge in [0, 0.05) is 0 Å². The minimum atomic E-state index is 0.559. The molecule has 7 unspecified atom stereocenters. The van der Waals surface area contributed by atoms with Gasteiger partial charge in [0.05, 0.1) is 0 Å². The zero-order valence-corrected chi connectivity index (χ0v) is 23.2. The molecule has 0 heterocycles. The highest BCUT2D eigenvalue weighted by atomic mass is 14.7. The average Bonchev–Trinajstić information content (AvgIpc) is 3.05. The molecule has 5 rings (SSSR count). The monoisotopic (exact) mass is 440 g/mol. The normalized spacial score (nSPS) is 55.3. The highest BCUT2D eigenvalue weighted by molar-refractivity contribution is 5.19. The second-order valence-corrected chi connectivity index (χ2v) is 15.6. The van der Waals surface area contributed by atoms with Crippen LogP contribution in [0.15, 0.2) is 0 Å². The molecule has 0 heteroatoms. The van der Waals surface area contributed by atoms with Crippen LogP contribution in [0.5, 0.6) is 0 Å². The van der Waals surface area contributed by atoms with Crippen LogP contribution in [-0.4, -0.2) is 0 Å². The van der Waals surface area contributed by atoms with Crippen molar-refractivity contribution in [3.63, 3.8) is 0 Å². The van der Waals surface area contributed by atoms with Crippen molar-refractivity contribution in [3.8, 4) is 0 Å². The molecule has 0 aromatic carbocycles. The molecule has 0 radical (unpaired) electrons. The second kappa shape index (κ2) is 7.50. The maximum absolute atomic E-state index is 2.83. The first-order valence-electron chi connectivity index (χ1n) is 14.9. The van der Waals surface area contributed by atoms with E-state index in [0.29, 0.717) is 27.1 Å². The Balaban J connectivity index is 1.48. The van der Waals surface area contributed by atoms with Crippen molar-refractivity contribution >= 4 is 0 Å². The van der Waals surface area contributed by atoms with Gasteiger partial charge < -0.3 is 0 Å². The Labute approximate surface area is 201 Å². The van der Waals surface area contributed by atoms with E-state index in [0.717, 1.165) is 35.5 Å². The second-order valence-electron chi connectivity index (χ2n) is 15.6. The van der Waals surface area contributed by atoms with Crippen LogP contribution in [0.2, 0.25) is 0 Å². The third-order valence-corrected chi connectivity index (χ3v) is 14.2. The standard InChI is InChI=1S/C32H56/c1-9-11-22(2)23-14-19-29(5)24(23)15-20-31(7)26(29)12-13-27-30(6)18-10-17-28(3,4)25(30)16-21-32(27,31)8/h22-27H,9-21H2,1-8H3/t22-,23+,24?,25?,26?,27?,29+,30?,31?,32?/m1/s1. The van der Waals surface area contributed by atoms with Crippen LogP contribution in [0.3, 0.4) is 0 Å². The summed E-state index contributed by atoms with van der Waals surface area (Å²) in [4.78, 5) is 0. The molecule has 10 atom stereocenters. The number of hydrogen-bond donors (Lipinski definition) is 0. The Morgan fingerprint density at radius 1 is 0.656 bits per heavy atom. The Morgan fingerprint density at radius 2 is 1.28 bits per heavy atom. The molecular formula is C32H56. The highest BCUT2D eigenvalue weighted by Crippen LogP contribution is 2.78. The average molecular weight is 441 g/mol. The summed E-state index contributed by atoms with van der Waals surface area (Å²) in [6.07, 6.45) is 19.5. The van der Waals surface area contributed by atoms with Crippen LogP contribution in [0.1, 0.15) is 139 Å². The summed E-state index contributed by atoms with van der Waals surface area (Å²) in [6, 6.07) is 0. The van der Waals surface area contributed by atoms with Crippen LogP contribution in [-0.2, 0) is 0 Å². The zero-order chi connectivity index (χ0) is 23.2. The van der Waals surface area contributed by atoms with E-state index in [9.17, 15) is 0 Å². The van der Waals surface area contributed by atoms with E-state index in [1.54, 1.807) is 6.42 Å². The summed E-state index contributed by atoms with van der Waals surface area (Å²) >= 11 is 0. The summed E-state index contributed by atoms with van der Waals surface area (Å²) in [6.45, 7) is 21.4. The zero-order valence-electron chi connectivity index (χ0n) is 23.2. The van der Waals surface area contributed by atoms with Gasteiger partial charge in [-0.25, -0.2) is 0 Å². The Kier molecular flexibility index (Phi) is 5.56. The smallest absolute Gasteiger partial charge is 0.0235 e.